The maximum absolute atomic E-state index is 11.9. The minimum Gasteiger partial charge on any atom is -0.465 e. The van der Waals surface area contributed by atoms with Crippen LogP contribution in [0.25, 0.3) is 0 Å². The summed E-state index contributed by atoms with van der Waals surface area (Å²) in [5.41, 5.74) is 1.56. The smallest absolute Gasteiger partial charge is 0.337 e. The van der Waals surface area contributed by atoms with Crippen molar-refractivity contribution >= 4 is 17.6 Å². The van der Waals surface area contributed by atoms with Crippen LogP contribution >= 0.6 is 0 Å². The van der Waals surface area contributed by atoms with Gasteiger partial charge in [-0.1, -0.05) is 0 Å². The number of ether oxygens (including phenoxy) is 1. The van der Waals surface area contributed by atoms with Crippen LogP contribution in [0.15, 0.2) is 48.8 Å². The van der Waals surface area contributed by atoms with Crippen molar-refractivity contribution in [3.8, 4) is 0 Å². The Kier molecular flexibility index (Phi) is 5.37. The highest BCUT2D eigenvalue weighted by molar-refractivity contribution is 6.04. The number of aromatic nitrogens is 1. The number of nitrogens with one attached hydrogen (secondary N) is 1. The van der Waals surface area contributed by atoms with Crippen molar-refractivity contribution in [1.82, 2.24) is 4.98 Å². The number of hydrogen-bond donors (Lipinski definition) is 1. The van der Waals surface area contributed by atoms with Crippen LogP contribution in [0.3, 0.4) is 0 Å². The zero-order valence-corrected chi connectivity index (χ0v) is 10.8. The first-order valence-corrected chi connectivity index (χ1v) is 5.60. The van der Waals surface area contributed by atoms with Gasteiger partial charge in [0.05, 0.1) is 12.7 Å². The van der Waals surface area contributed by atoms with Gasteiger partial charge in [0.2, 0.25) is 0 Å². The predicted octanol–water partition coefficient (Wildman–Crippen LogP) is 1.30. The second-order valence-electron chi connectivity index (χ2n) is 3.76. The number of benzene rings is 1. The first-order chi connectivity index (χ1) is 9.20. The molecule has 3 N–H and O–H groups in total. The number of esters is 1. The van der Waals surface area contributed by atoms with Crippen molar-refractivity contribution in [2.45, 2.75) is 0 Å². The van der Waals surface area contributed by atoms with Crippen LogP contribution in [0, 0.1) is 0 Å². The van der Waals surface area contributed by atoms with Gasteiger partial charge < -0.3 is 15.5 Å². The van der Waals surface area contributed by atoms with Crippen LogP contribution < -0.4 is 5.32 Å². The van der Waals surface area contributed by atoms with Gasteiger partial charge in [-0.15, -0.1) is 0 Å². The van der Waals surface area contributed by atoms with Crippen molar-refractivity contribution in [3.05, 3.63) is 59.9 Å². The lowest BCUT2D eigenvalue weighted by Gasteiger charge is -2.05. The Bertz CT molecular complexity index is 582. The minimum atomic E-state index is -0.410. The van der Waals surface area contributed by atoms with Crippen molar-refractivity contribution in [1.29, 1.82) is 0 Å². The van der Waals surface area contributed by atoms with Gasteiger partial charge in [0.25, 0.3) is 5.91 Å². The molecule has 0 bridgehead atoms. The summed E-state index contributed by atoms with van der Waals surface area (Å²) in [6.45, 7) is 0. The summed E-state index contributed by atoms with van der Waals surface area (Å²) in [5.74, 6) is -0.639. The summed E-state index contributed by atoms with van der Waals surface area (Å²) in [6, 6.07) is 9.72. The lowest BCUT2D eigenvalue weighted by molar-refractivity contribution is 0.0600. The maximum atomic E-state index is 11.9. The summed E-state index contributed by atoms with van der Waals surface area (Å²) in [6.07, 6.45) is 3.10. The zero-order chi connectivity index (χ0) is 13.7. The molecule has 1 heterocycles. The molecule has 0 aliphatic carbocycles. The molecule has 0 aliphatic rings. The lowest BCUT2D eigenvalue weighted by atomic mass is 10.2. The van der Waals surface area contributed by atoms with E-state index < -0.39 is 5.97 Å². The average molecular weight is 274 g/mol. The maximum Gasteiger partial charge on any atom is 0.337 e. The molecule has 0 atom stereocenters. The third kappa shape index (κ3) is 3.63. The average Bonchev–Trinajstić information content (AvgIpc) is 2.48. The normalized spacial score (nSPS) is 9.25. The van der Waals surface area contributed by atoms with Crippen LogP contribution in [0.1, 0.15) is 20.7 Å². The Morgan fingerprint density at radius 3 is 2.15 bits per heavy atom. The van der Waals surface area contributed by atoms with E-state index >= 15 is 0 Å². The molecule has 0 radical (unpaired) electrons. The minimum absolute atomic E-state index is 0. The second-order valence-corrected chi connectivity index (χ2v) is 3.76. The topological polar surface area (TPSA) is 99.8 Å². The van der Waals surface area contributed by atoms with Gasteiger partial charge in [-0.3, -0.25) is 9.78 Å². The van der Waals surface area contributed by atoms with E-state index in [1.165, 1.54) is 7.11 Å². The predicted molar refractivity (Wildman–Crippen MR) is 73.6 cm³/mol. The van der Waals surface area contributed by atoms with E-state index in [1.807, 2.05) is 0 Å². The number of amides is 1. The van der Waals surface area contributed by atoms with Crippen molar-refractivity contribution in [2.75, 3.05) is 12.4 Å². The Morgan fingerprint density at radius 2 is 1.60 bits per heavy atom. The lowest BCUT2D eigenvalue weighted by Crippen LogP contribution is -2.12. The molecule has 0 aliphatic heterocycles. The first kappa shape index (κ1) is 15.3. The highest BCUT2D eigenvalue weighted by Crippen LogP contribution is 2.11. The fourth-order valence-electron chi connectivity index (χ4n) is 1.51. The van der Waals surface area contributed by atoms with Crippen LogP contribution in [0.5, 0.6) is 0 Å². The third-order valence-electron chi connectivity index (χ3n) is 2.51. The van der Waals surface area contributed by atoms with Crippen LogP contribution in [0.4, 0.5) is 5.69 Å². The second kappa shape index (κ2) is 7.01. The molecule has 6 nitrogen and oxygen atoms in total. The fourth-order valence-corrected chi connectivity index (χ4v) is 1.51. The molecule has 6 heteroatoms. The van der Waals surface area contributed by atoms with E-state index in [9.17, 15) is 9.59 Å². The molecular formula is C14H14N2O4. The monoisotopic (exact) mass is 274 g/mol. The first-order valence-electron chi connectivity index (χ1n) is 5.60. The number of anilines is 1. The number of pyridine rings is 1. The van der Waals surface area contributed by atoms with Gasteiger partial charge in [0.15, 0.2) is 0 Å². The Hall–Kier alpha value is -2.73. The Balaban J connectivity index is 0.00000200. The van der Waals surface area contributed by atoms with Gasteiger partial charge >= 0.3 is 5.97 Å². The molecule has 2 rings (SSSR count). The standard InChI is InChI=1S/C14H12N2O3.H2O/c1-19-14(18)11-2-4-12(5-3-11)16-13(17)10-6-8-15-9-7-10;/h2-9H,1H3,(H,16,17);1H2. The summed E-state index contributed by atoms with van der Waals surface area (Å²) >= 11 is 0. The largest absolute Gasteiger partial charge is 0.465 e. The molecule has 1 aromatic heterocycles. The molecule has 0 fully saturated rings. The van der Waals surface area contributed by atoms with E-state index in [4.69, 9.17) is 0 Å². The molecule has 0 spiro atoms. The number of methoxy groups -OCH3 is 1. The molecular weight excluding hydrogens is 260 g/mol. The molecule has 0 saturated carbocycles. The molecule has 2 aromatic rings. The van der Waals surface area contributed by atoms with E-state index in [-0.39, 0.29) is 11.4 Å². The van der Waals surface area contributed by atoms with Crippen molar-refractivity contribution < 1.29 is 19.8 Å². The van der Waals surface area contributed by atoms with E-state index in [0.717, 1.165) is 0 Å². The number of carbonyl (C=O) groups excluding carboxylic acids is 2. The highest BCUT2D eigenvalue weighted by atomic mass is 16.5. The molecule has 104 valence electrons. The number of carbonyl (C=O) groups is 2. The Labute approximate surface area is 115 Å². The molecule has 20 heavy (non-hydrogen) atoms. The quantitative estimate of drug-likeness (QED) is 0.852. The van der Waals surface area contributed by atoms with Crippen molar-refractivity contribution in [3.63, 3.8) is 0 Å². The summed E-state index contributed by atoms with van der Waals surface area (Å²) in [7, 11) is 1.32. The third-order valence-corrected chi connectivity index (χ3v) is 2.51. The summed E-state index contributed by atoms with van der Waals surface area (Å²) in [4.78, 5) is 27.0. The van der Waals surface area contributed by atoms with Crippen molar-refractivity contribution in [2.24, 2.45) is 0 Å². The van der Waals surface area contributed by atoms with Gasteiger partial charge in [-0.2, -0.15) is 0 Å². The van der Waals surface area contributed by atoms with Gasteiger partial charge in [-0.25, -0.2) is 4.79 Å². The van der Waals surface area contributed by atoms with E-state index in [2.05, 4.69) is 15.0 Å². The number of rotatable bonds is 3. The summed E-state index contributed by atoms with van der Waals surface area (Å²) < 4.78 is 4.59. The summed E-state index contributed by atoms with van der Waals surface area (Å²) in [5, 5.41) is 2.72. The zero-order valence-electron chi connectivity index (χ0n) is 10.8. The van der Waals surface area contributed by atoms with Crippen LogP contribution in [0.2, 0.25) is 0 Å². The fraction of sp³-hybridized carbons (Fsp3) is 0.0714. The molecule has 1 aromatic carbocycles. The molecule has 0 unspecified atom stereocenters. The number of nitrogens with zero attached hydrogens (tertiary/aromatic N) is 1. The van der Waals surface area contributed by atoms with Crippen LogP contribution in [-0.2, 0) is 4.74 Å². The van der Waals surface area contributed by atoms with Gasteiger partial charge in [-0.05, 0) is 36.4 Å². The van der Waals surface area contributed by atoms with Crippen LogP contribution in [-0.4, -0.2) is 29.4 Å². The molecule has 0 saturated heterocycles. The molecule has 1 amide bonds. The van der Waals surface area contributed by atoms with E-state index in [1.54, 1.807) is 48.8 Å². The van der Waals surface area contributed by atoms with Gasteiger partial charge in [0.1, 0.15) is 0 Å². The van der Waals surface area contributed by atoms with E-state index in [0.29, 0.717) is 16.8 Å². The Morgan fingerprint density at radius 1 is 1.00 bits per heavy atom. The SMILES string of the molecule is COC(=O)c1ccc(NC(=O)c2ccncc2)cc1.O. The highest BCUT2D eigenvalue weighted by Gasteiger charge is 2.07. The van der Waals surface area contributed by atoms with Gasteiger partial charge in [0, 0.05) is 23.6 Å². The number of hydrogen-bond acceptors (Lipinski definition) is 4.